The second-order valence-corrected chi connectivity index (χ2v) is 12.2. The van der Waals surface area contributed by atoms with Crippen LogP contribution in [0.3, 0.4) is 0 Å². The van der Waals surface area contributed by atoms with Crippen LogP contribution in [0.1, 0.15) is 32.9 Å². The standard InChI is InChI=1S/C24H26N6O5S2/c1-13-8-18-20(11-27-13)36-22(28-18)23(31)30-7-6-29(12-19(30)24(32)33)37(34,35)17-5-4-14-2-3-15(21(25)26)9-16(14)10-17/h2-5,9-10,13,19,27H,6-8,11-12H2,1H3,(H3,25,26)(H,32,33). The van der Waals surface area contributed by atoms with Gasteiger partial charge in [-0.05, 0) is 35.9 Å². The molecule has 11 nitrogen and oxygen atoms in total. The highest BCUT2D eigenvalue weighted by Crippen LogP contribution is 2.28. The van der Waals surface area contributed by atoms with Gasteiger partial charge in [-0.3, -0.25) is 10.2 Å². The molecule has 1 aromatic heterocycles. The number of nitrogens with one attached hydrogen (secondary N) is 2. The number of aromatic nitrogens is 1. The van der Waals surface area contributed by atoms with Crippen molar-refractivity contribution in [3.05, 3.63) is 57.5 Å². The molecular formula is C24H26N6O5S2. The van der Waals surface area contributed by atoms with E-state index in [0.29, 0.717) is 23.9 Å². The number of fused-ring (bicyclic) bond motifs is 2. The van der Waals surface area contributed by atoms with E-state index in [1.54, 1.807) is 24.3 Å². The molecule has 1 amide bonds. The number of aliphatic carboxylic acids is 1. The van der Waals surface area contributed by atoms with Gasteiger partial charge in [-0.15, -0.1) is 11.3 Å². The molecule has 194 valence electrons. The molecule has 37 heavy (non-hydrogen) atoms. The zero-order valence-electron chi connectivity index (χ0n) is 20.0. The molecule has 2 aliphatic heterocycles. The third-order valence-corrected chi connectivity index (χ3v) is 9.67. The lowest BCUT2D eigenvalue weighted by atomic mass is 10.1. The van der Waals surface area contributed by atoms with E-state index in [2.05, 4.69) is 10.3 Å². The fraction of sp³-hybridized carbons (Fsp3) is 0.333. The van der Waals surface area contributed by atoms with Gasteiger partial charge in [0, 0.05) is 49.1 Å². The van der Waals surface area contributed by atoms with Crippen LogP contribution in [-0.4, -0.2) is 77.1 Å². The summed E-state index contributed by atoms with van der Waals surface area (Å²) in [7, 11) is -4.05. The summed E-state index contributed by atoms with van der Waals surface area (Å²) in [4.78, 5) is 32.0. The van der Waals surface area contributed by atoms with Crippen molar-refractivity contribution in [1.29, 1.82) is 5.41 Å². The Morgan fingerprint density at radius 1 is 1.19 bits per heavy atom. The number of nitrogens with two attached hydrogens (primary N) is 1. The summed E-state index contributed by atoms with van der Waals surface area (Å²) in [6, 6.07) is 8.56. The van der Waals surface area contributed by atoms with Crippen molar-refractivity contribution in [3.8, 4) is 0 Å². The third-order valence-electron chi connectivity index (χ3n) is 6.72. The van der Waals surface area contributed by atoms with Crippen molar-refractivity contribution >= 4 is 49.8 Å². The van der Waals surface area contributed by atoms with E-state index in [-0.39, 0.29) is 41.4 Å². The Bertz CT molecular complexity index is 1540. The quantitative estimate of drug-likeness (QED) is 0.275. The predicted octanol–water partition coefficient (Wildman–Crippen LogP) is 1.21. The fourth-order valence-electron chi connectivity index (χ4n) is 4.66. The van der Waals surface area contributed by atoms with Gasteiger partial charge < -0.3 is 21.1 Å². The van der Waals surface area contributed by atoms with Gasteiger partial charge in [0.2, 0.25) is 10.0 Å². The molecule has 2 unspecified atom stereocenters. The highest BCUT2D eigenvalue weighted by atomic mass is 32.2. The molecular weight excluding hydrogens is 516 g/mol. The van der Waals surface area contributed by atoms with E-state index in [1.807, 2.05) is 6.92 Å². The summed E-state index contributed by atoms with van der Waals surface area (Å²) >= 11 is 1.25. The number of hydrogen-bond donors (Lipinski definition) is 4. The van der Waals surface area contributed by atoms with Gasteiger partial charge in [0.05, 0.1) is 10.6 Å². The molecule has 5 rings (SSSR count). The molecule has 5 N–H and O–H groups in total. The summed E-state index contributed by atoms with van der Waals surface area (Å²) in [5.74, 6) is -1.92. The Morgan fingerprint density at radius 2 is 1.95 bits per heavy atom. The molecule has 13 heteroatoms. The van der Waals surface area contributed by atoms with Crippen LogP contribution in [-0.2, 0) is 27.8 Å². The number of carbonyl (C=O) groups excluding carboxylic acids is 1. The van der Waals surface area contributed by atoms with Crippen molar-refractivity contribution in [2.24, 2.45) is 5.73 Å². The summed E-state index contributed by atoms with van der Waals surface area (Å²) < 4.78 is 28.0. The van der Waals surface area contributed by atoms with E-state index in [4.69, 9.17) is 11.1 Å². The minimum Gasteiger partial charge on any atom is -0.480 e. The molecule has 0 bridgehead atoms. The average Bonchev–Trinajstić information content (AvgIpc) is 3.30. The highest BCUT2D eigenvalue weighted by Gasteiger charge is 2.41. The van der Waals surface area contributed by atoms with E-state index >= 15 is 0 Å². The summed E-state index contributed by atoms with van der Waals surface area (Å²) in [6.07, 6.45) is 0.688. The predicted molar refractivity (Wildman–Crippen MR) is 138 cm³/mol. The number of amides is 1. The van der Waals surface area contributed by atoms with Crippen LogP contribution in [0.5, 0.6) is 0 Å². The first-order chi connectivity index (χ1) is 17.5. The summed E-state index contributed by atoms with van der Waals surface area (Å²) in [5.41, 5.74) is 6.88. The highest BCUT2D eigenvalue weighted by molar-refractivity contribution is 7.89. The Labute approximate surface area is 217 Å². The lowest BCUT2D eigenvalue weighted by Crippen LogP contribution is -2.59. The van der Waals surface area contributed by atoms with E-state index in [1.165, 1.54) is 28.4 Å². The molecule has 2 atom stereocenters. The van der Waals surface area contributed by atoms with Gasteiger partial charge in [0.25, 0.3) is 5.91 Å². The third kappa shape index (κ3) is 4.70. The molecule has 0 aliphatic carbocycles. The summed E-state index contributed by atoms with van der Waals surface area (Å²) in [5, 5.41) is 22.4. The Balaban J connectivity index is 1.39. The molecule has 1 saturated heterocycles. The maximum atomic E-state index is 13.5. The monoisotopic (exact) mass is 542 g/mol. The minimum absolute atomic E-state index is 0.00108. The van der Waals surface area contributed by atoms with Crippen molar-refractivity contribution in [1.82, 2.24) is 19.5 Å². The van der Waals surface area contributed by atoms with E-state index in [0.717, 1.165) is 20.3 Å². The first-order valence-corrected chi connectivity index (χ1v) is 13.9. The number of carboxylic acids is 1. The second-order valence-electron chi connectivity index (χ2n) is 9.23. The van der Waals surface area contributed by atoms with Gasteiger partial charge in [-0.2, -0.15) is 4.31 Å². The van der Waals surface area contributed by atoms with Crippen molar-refractivity contribution in [2.75, 3.05) is 19.6 Å². The Kier molecular flexibility index (Phi) is 6.48. The van der Waals surface area contributed by atoms with Gasteiger partial charge in [0.1, 0.15) is 11.9 Å². The maximum Gasteiger partial charge on any atom is 0.327 e. The van der Waals surface area contributed by atoms with Crippen molar-refractivity contribution in [2.45, 2.75) is 36.9 Å². The van der Waals surface area contributed by atoms with Crippen LogP contribution in [0, 0.1) is 5.41 Å². The number of amidine groups is 1. The number of carboxylic acid groups (broad SMARTS) is 1. The van der Waals surface area contributed by atoms with Crippen molar-refractivity contribution in [3.63, 3.8) is 0 Å². The number of carbonyl (C=O) groups is 2. The van der Waals surface area contributed by atoms with Crippen LogP contribution < -0.4 is 11.1 Å². The lowest BCUT2D eigenvalue weighted by molar-refractivity contribution is -0.143. The molecule has 1 fully saturated rings. The topological polar surface area (TPSA) is 170 Å². The first kappa shape index (κ1) is 25.3. The molecule has 3 aromatic rings. The zero-order valence-corrected chi connectivity index (χ0v) is 21.6. The first-order valence-electron chi connectivity index (χ1n) is 11.7. The molecule has 0 saturated carbocycles. The number of nitrogens with zero attached hydrogens (tertiary/aromatic N) is 3. The SMILES string of the molecule is CC1Cc2nc(C(=O)N3CCN(S(=O)(=O)c4ccc5ccc(C(=N)N)cc5c4)CC3C(=O)O)sc2CN1. The molecule has 0 spiro atoms. The van der Waals surface area contributed by atoms with Crippen LogP contribution in [0.15, 0.2) is 41.3 Å². The molecule has 3 heterocycles. The maximum absolute atomic E-state index is 13.5. The minimum atomic E-state index is -4.05. The largest absolute Gasteiger partial charge is 0.480 e. The van der Waals surface area contributed by atoms with Gasteiger partial charge in [-0.1, -0.05) is 18.2 Å². The van der Waals surface area contributed by atoms with E-state index in [9.17, 15) is 23.1 Å². The number of sulfonamides is 1. The fourth-order valence-corrected chi connectivity index (χ4v) is 7.13. The average molecular weight is 543 g/mol. The van der Waals surface area contributed by atoms with Crippen LogP contribution in [0.25, 0.3) is 10.8 Å². The van der Waals surface area contributed by atoms with Gasteiger partial charge >= 0.3 is 5.97 Å². The Hall–Kier alpha value is -3.39. The lowest BCUT2D eigenvalue weighted by Gasteiger charge is -2.38. The van der Waals surface area contributed by atoms with Crippen LogP contribution in [0.4, 0.5) is 0 Å². The number of piperazine rings is 1. The van der Waals surface area contributed by atoms with Crippen LogP contribution >= 0.6 is 11.3 Å². The number of thiazole rings is 1. The number of nitrogen functional groups attached to an aromatic ring is 1. The van der Waals surface area contributed by atoms with Crippen molar-refractivity contribution < 1.29 is 23.1 Å². The smallest absolute Gasteiger partial charge is 0.327 e. The summed E-state index contributed by atoms with van der Waals surface area (Å²) in [6.45, 7) is 2.14. The zero-order chi connectivity index (χ0) is 26.5. The number of benzene rings is 2. The molecule has 2 aromatic carbocycles. The molecule has 0 radical (unpaired) electrons. The van der Waals surface area contributed by atoms with Crippen LogP contribution in [0.2, 0.25) is 0 Å². The second kappa shape index (κ2) is 9.49. The normalized spacial score (nSPS) is 20.5. The number of rotatable bonds is 5. The Morgan fingerprint density at radius 3 is 2.68 bits per heavy atom. The van der Waals surface area contributed by atoms with E-state index < -0.39 is 27.9 Å². The molecule has 2 aliphatic rings. The van der Waals surface area contributed by atoms with Gasteiger partial charge in [0.15, 0.2) is 5.01 Å². The van der Waals surface area contributed by atoms with Gasteiger partial charge in [-0.25, -0.2) is 18.2 Å². The number of hydrogen-bond acceptors (Lipinski definition) is 8.